The van der Waals surface area contributed by atoms with Gasteiger partial charge in [0.15, 0.2) is 0 Å². The summed E-state index contributed by atoms with van der Waals surface area (Å²) in [4.78, 5) is 0. The van der Waals surface area contributed by atoms with Crippen molar-refractivity contribution in [2.45, 2.75) is 12.5 Å². The van der Waals surface area contributed by atoms with E-state index in [0.29, 0.717) is 5.92 Å². The molecule has 0 aromatic heterocycles. The molecule has 0 aliphatic heterocycles. The molecule has 2 heteroatoms. The predicted octanol–water partition coefficient (Wildman–Crippen LogP) is 1.10. The highest BCUT2D eigenvalue weighted by Crippen LogP contribution is 2.12. The average molecular weight is 136 g/mol. The Kier molecular flexibility index (Phi) is 2.40. The molecule has 3 N–H and O–H groups in total. The Hall–Kier alpha value is -0.890. The largest absolute Gasteiger partial charge is 0.323 e. The third-order valence-electron chi connectivity index (χ3n) is 1.70. The summed E-state index contributed by atoms with van der Waals surface area (Å²) in [5.74, 6) is 0.336. The first kappa shape index (κ1) is 7.22. The Morgan fingerprint density at radius 1 is 1.60 bits per heavy atom. The van der Waals surface area contributed by atoms with E-state index in [0.717, 1.165) is 6.42 Å². The van der Waals surface area contributed by atoms with E-state index in [1.165, 1.54) is 6.21 Å². The van der Waals surface area contributed by atoms with Crippen molar-refractivity contribution in [3.05, 3.63) is 24.3 Å². The molecule has 2 atom stereocenters. The molecular weight excluding hydrogens is 124 g/mol. The lowest BCUT2D eigenvalue weighted by Crippen LogP contribution is -2.30. The molecule has 2 nitrogen and oxygen atoms in total. The average Bonchev–Trinajstić information content (AvgIpc) is 2.05. The van der Waals surface area contributed by atoms with E-state index in [-0.39, 0.29) is 6.04 Å². The van der Waals surface area contributed by atoms with Crippen LogP contribution < -0.4 is 5.73 Å². The van der Waals surface area contributed by atoms with Gasteiger partial charge in [-0.1, -0.05) is 24.3 Å². The molecule has 0 saturated carbocycles. The molecule has 0 bridgehead atoms. The van der Waals surface area contributed by atoms with E-state index in [2.05, 4.69) is 12.2 Å². The highest BCUT2D eigenvalue weighted by Gasteiger charge is 2.11. The molecule has 1 unspecified atom stereocenters. The normalized spacial score (nSPS) is 26.3. The molecule has 0 aromatic carbocycles. The summed E-state index contributed by atoms with van der Waals surface area (Å²) in [5.41, 5.74) is 5.62. The Morgan fingerprint density at radius 2 is 2.40 bits per heavy atom. The summed E-state index contributed by atoms with van der Waals surface area (Å²) in [6.07, 6.45) is 10.4. The third-order valence-corrected chi connectivity index (χ3v) is 1.70. The van der Waals surface area contributed by atoms with Crippen LogP contribution in [-0.2, 0) is 0 Å². The van der Waals surface area contributed by atoms with Crippen LogP contribution in [0.2, 0.25) is 0 Å². The van der Waals surface area contributed by atoms with Crippen LogP contribution in [0.25, 0.3) is 0 Å². The van der Waals surface area contributed by atoms with Gasteiger partial charge in [-0.2, -0.15) is 0 Å². The van der Waals surface area contributed by atoms with Crippen LogP contribution in [0.3, 0.4) is 0 Å². The molecule has 0 radical (unpaired) electrons. The summed E-state index contributed by atoms with van der Waals surface area (Å²) in [6, 6.07) is -0.110. The fourth-order valence-corrected chi connectivity index (χ4v) is 1.01. The van der Waals surface area contributed by atoms with Crippen molar-refractivity contribution in [1.29, 1.82) is 5.41 Å². The minimum Gasteiger partial charge on any atom is -0.323 e. The minimum absolute atomic E-state index is 0.110. The lowest BCUT2D eigenvalue weighted by molar-refractivity contribution is 0.608. The molecule has 0 heterocycles. The zero-order chi connectivity index (χ0) is 7.40. The molecule has 10 heavy (non-hydrogen) atoms. The van der Waals surface area contributed by atoms with E-state index in [9.17, 15) is 0 Å². The van der Waals surface area contributed by atoms with Crippen LogP contribution in [0.1, 0.15) is 6.42 Å². The zero-order valence-electron chi connectivity index (χ0n) is 5.83. The maximum Gasteiger partial charge on any atom is 0.0459 e. The minimum atomic E-state index is -0.110. The van der Waals surface area contributed by atoms with Crippen molar-refractivity contribution in [2.75, 3.05) is 0 Å². The fraction of sp³-hybridized carbons (Fsp3) is 0.375. The van der Waals surface area contributed by atoms with Crippen molar-refractivity contribution in [1.82, 2.24) is 0 Å². The smallest absolute Gasteiger partial charge is 0.0459 e. The van der Waals surface area contributed by atoms with Crippen molar-refractivity contribution in [3.8, 4) is 0 Å². The van der Waals surface area contributed by atoms with Gasteiger partial charge >= 0.3 is 0 Å². The van der Waals surface area contributed by atoms with Crippen LogP contribution in [0.4, 0.5) is 0 Å². The maximum absolute atomic E-state index is 6.94. The monoisotopic (exact) mass is 136 g/mol. The third kappa shape index (κ3) is 1.54. The van der Waals surface area contributed by atoms with E-state index < -0.39 is 0 Å². The summed E-state index contributed by atoms with van der Waals surface area (Å²) in [7, 11) is 0. The molecule has 1 aliphatic rings. The molecule has 54 valence electrons. The molecule has 0 fully saturated rings. The Morgan fingerprint density at radius 3 is 2.90 bits per heavy atom. The summed E-state index contributed by atoms with van der Waals surface area (Å²) in [5, 5.41) is 6.94. The van der Waals surface area contributed by atoms with E-state index in [1.54, 1.807) is 0 Å². The van der Waals surface area contributed by atoms with Gasteiger partial charge in [0.2, 0.25) is 0 Å². The second-order valence-corrected chi connectivity index (χ2v) is 2.46. The van der Waals surface area contributed by atoms with Crippen LogP contribution in [-0.4, -0.2) is 12.3 Å². The number of allylic oxidation sites excluding steroid dienone is 3. The van der Waals surface area contributed by atoms with E-state index >= 15 is 0 Å². The first-order valence-corrected chi connectivity index (χ1v) is 3.44. The molecule has 1 rings (SSSR count). The molecule has 1 aliphatic carbocycles. The van der Waals surface area contributed by atoms with Gasteiger partial charge in [0.1, 0.15) is 0 Å². The lowest BCUT2D eigenvalue weighted by Gasteiger charge is -2.16. The van der Waals surface area contributed by atoms with Crippen molar-refractivity contribution in [3.63, 3.8) is 0 Å². The van der Waals surface area contributed by atoms with E-state index in [1.807, 2.05) is 12.2 Å². The summed E-state index contributed by atoms with van der Waals surface area (Å²) < 4.78 is 0. The van der Waals surface area contributed by atoms with Gasteiger partial charge in [0, 0.05) is 18.2 Å². The molecule has 0 saturated heterocycles. The lowest BCUT2D eigenvalue weighted by atomic mass is 9.94. The number of hydrogen-bond acceptors (Lipinski definition) is 2. The number of rotatable bonds is 2. The second-order valence-electron chi connectivity index (χ2n) is 2.46. The first-order valence-electron chi connectivity index (χ1n) is 3.44. The topological polar surface area (TPSA) is 49.9 Å². The van der Waals surface area contributed by atoms with Gasteiger partial charge < -0.3 is 11.1 Å². The Bertz CT molecular complexity index is 170. The Labute approximate surface area is 60.9 Å². The molecule has 0 spiro atoms. The van der Waals surface area contributed by atoms with Crippen molar-refractivity contribution >= 4 is 6.21 Å². The van der Waals surface area contributed by atoms with Gasteiger partial charge in [0.05, 0.1) is 0 Å². The molecular formula is C8H12N2. The maximum atomic E-state index is 6.94. The van der Waals surface area contributed by atoms with Crippen molar-refractivity contribution in [2.24, 2.45) is 11.7 Å². The highest BCUT2D eigenvalue weighted by atomic mass is 14.7. The summed E-state index contributed by atoms with van der Waals surface area (Å²) >= 11 is 0. The van der Waals surface area contributed by atoms with Crippen LogP contribution >= 0.6 is 0 Å². The zero-order valence-corrected chi connectivity index (χ0v) is 5.83. The van der Waals surface area contributed by atoms with Crippen molar-refractivity contribution < 1.29 is 0 Å². The van der Waals surface area contributed by atoms with Crippen LogP contribution in [0.15, 0.2) is 24.3 Å². The summed E-state index contributed by atoms with van der Waals surface area (Å²) in [6.45, 7) is 0. The van der Waals surface area contributed by atoms with Gasteiger partial charge in [-0.25, -0.2) is 0 Å². The van der Waals surface area contributed by atoms with E-state index in [4.69, 9.17) is 11.1 Å². The first-order chi connectivity index (χ1) is 4.84. The number of nitrogens with two attached hydrogens (primary N) is 1. The van der Waals surface area contributed by atoms with Gasteiger partial charge in [-0.15, -0.1) is 0 Å². The quantitative estimate of drug-likeness (QED) is 0.548. The van der Waals surface area contributed by atoms with Gasteiger partial charge in [-0.3, -0.25) is 0 Å². The standard InChI is InChI=1S/C8H12N2/c9-6-8(10)7-4-2-1-3-5-7/h1-4,6-9H,5,10H2/t7?,8-/m0/s1. The van der Waals surface area contributed by atoms with Gasteiger partial charge in [-0.05, 0) is 6.42 Å². The molecule has 0 aromatic rings. The predicted molar refractivity (Wildman–Crippen MR) is 43.1 cm³/mol. The number of nitrogens with one attached hydrogen (secondary N) is 1. The fourth-order valence-electron chi connectivity index (χ4n) is 1.01. The van der Waals surface area contributed by atoms with Crippen LogP contribution in [0.5, 0.6) is 0 Å². The highest BCUT2D eigenvalue weighted by molar-refractivity contribution is 5.61. The molecule has 0 amide bonds. The SMILES string of the molecule is N=C[C@H](N)C1C=CC=CC1. The number of hydrogen-bond donors (Lipinski definition) is 2. The van der Waals surface area contributed by atoms with Gasteiger partial charge in [0.25, 0.3) is 0 Å². The van der Waals surface area contributed by atoms with Crippen LogP contribution in [0, 0.1) is 11.3 Å². The Balaban J connectivity index is 2.50. The second kappa shape index (κ2) is 3.32.